The molecule has 0 N–H and O–H groups in total. The smallest absolute Gasteiger partial charge is 0.332 e. The molecule has 8 heteroatoms. The number of hydrogen-bond donors (Lipinski definition) is 0. The normalized spacial score (nSPS) is 17.8. The number of nitrogens with zero attached hydrogens (tertiary/aromatic N) is 2. The fraction of sp³-hybridized carbons (Fsp3) is 0.433. The van der Waals surface area contributed by atoms with Gasteiger partial charge in [0, 0.05) is 29.3 Å². The van der Waals surface area contributed by atoms with Gasteiger partial charge in [0.05, 0.1) is 17.3 Å². The predicted molar refractivity (Wildman–Crippen MR) is 146 cm³/mol. The number of esters is 1. The first-order chi connectivity index (χ1) is 18.1. The first kappa shape index (κ1) is 28.0. The highest BCUT2D eigenvalue weighted by molar-refractivity contribution is 6.31. The summed E-state index contributed by atoms with van der Waals surface area (Å²) in [4.78, 5) is 25.0. The molecule has 1 aliphatic carbocycles. The molecule has 0 amide bonds. The Labute approximate surface area is 227 Å². The summed E-state index contributed by atoms with van der Waals surface area (Å²) >= 11 is 6.04. The Morgan fingerprint density at radius 2 is 1.71 bits per heavy atom. The van der Waals surface area contributed by atoms with Gasteiger partial charge in [0.15, 0.2) is 0 Å². The predicted octanol–water partition coefficient (Wildman–Crippen LogP) is 6.53. The Hall–Kier alpha value is -3.03. The Morgan fingerprint density at radius 3 is 2.39 bits per heavy atom. The Morgan fingerprint density at radius 1 is 1.03 bits per heavy atom. The fourth-order valence-electron chi connectivity index (χ4n) is 4.85. The van der Waals surface area contributed by atoms with Crippen LogP contribution < -0.4 is 5.56 Å². The standard InChI is InChI=1S/C30H34ClFN2O4/c1-30(2,3)38-27(36)19-37-18-21-14-12-20(13-15-21)17-34-26(35)16-24(23-10-7-11-25(31)28(23)32)29(33-34)22-8-5-4-6-9-22/h4-11,16,20-21H,12-15,17-19H2,1-3H3. The summed E-state index contributed by atoms with van der Waals surface area (Å²) in [6.07, 6.45) is 3.76. The van der Waals surface area contributed by atoms with E-state index in [2.05, 4.69) is 0 Å². The van der Waals surface area contributed by atoms with Crippen LogP contribution in [0.1, 0.15) is 46.5 Å². The maximum Gasteiger partial charge on any atom is 0.332 e. The molecule has 1 heterocycles. The van der Waals surface area contributed by atoms with Gasteiger partial charge in [-0.05, 0) is 64.4 Å². The van der Waals surface area contributed by atoms with E-state index in [9.17, 15) is 14.0 Å². The monoisotopic (exact) mass is 540 g/mol. The highest BCUT2D eigenvalue weighted by Crippen LogP contribution is 2.34. The van der Waals surface area contributed by atoms with Gasteiger partial charge < -0.3 is 9.47 Å². The number of benzene rings is 2. The molecule has 6 nitrogen and oxygen atoms in total. The van der Waals surface area contributed by atoms with Crippen molar-refractivity contribution in [2.24, 2.45) is 11.8 Å². The van der Waals surface area contributed by atoms with E-state index in [1.165, 1.54) is 16.8 Å². The second-order valence-corrected chi connectivity index (χ2v) is 11.3. The SMILES string of the molecule is CC(C)(C)OC(=O)COCC1CCC(Cn2nc(-c3ccccc3)c(-c3cccc(Cl)c3F)cc2=O)CC1. The van der Waals surface area contributed by atoms with Gasteiger partial charge in [-0.2, -0.15) is 5.10 Å². The minimum absolute atomic E-state index is 0.00229. The van der Waals surface area contributed by atoms with E-state index in [1.54, 1.807) is 12.1 Å². The van der Waals surface area contributed by atoms with Gasteiger partial charge in [0.1, 0.15) is 18.0 Å². The first-order valence-electron chi connectivity index (χ1n) is 13.0. The topological polar surface area (TPSA) is 70.4 Å². The van der Waals surface area contributed by atoms with E-state index in [4.69, 9.17) is 26.2 Å². The van der Waals surface area contributed by atoms with Crippen LogP contribution in [-0.2, 0) is 20.8 Å². The molecule has 38 heavy (non-hydrogen) atoms. The number of ether oxygens (including phenoxy) is 2. The first-order valence-corrected chi connectivity index (χ1v) is 13.4. The van der Waals surface area contributed by atoms with E-state index >= 15 is 0 Å². The molecule has 1 aliphatic rings. The van der Waals surface area contributed by atoms with Crippen LogP contribution in [0.25, 0.3) is 22.4 Å². The summed E-state index contributed by atoms with van der Waals surface area (Å²) in [6, 6.07) is 15.7. The molecular formula is C30H34ClFN2O4. The fourth-order valence-corrected chi connectivity index (χ4v) is 5.03. The molecule has 1 aromatic heterocycles. The number of rotatable bonds is 8. The Bertz CT molecular complexity index is 1310. The third kappa shape index (κ3) is 7.29. The summed E-state index contributed by atoms with van der Waals surface area (Å²) in [5.41, 5.74) is 1.20. The molecule has 1 saturated carbocycles. The van der Waals surface area contributed by atoms with Crippen molar-refractivity contribution in [3.8, 4) is 22.4 Å². The lowest BCUT2D eigenvalue weighted by atomic mass is 9.82. The molecule has 4 rings (SSSR count). The van der Waals surface area contributed by atoms with Crippen LogP contribution in [0.3, 0.4) is 0 Å². The van der Waals surface area contributed by atoms with E-state index in [1.807, 2.05) is 51.1 Å². The van der Waals surface area contributed by atoms with Crippen LogP contribution >= 0.6 is 11.6 Å². The van der Waals surface area contributed by atoms with Crippen molar-refractivity contribution in [2.45, 2.75) is 58.6 Å². The van der Waals surface area contributed by atoms with Crippen molar-refractivity contribution < 1.29 is 18.7 Å². The van der Waals surface area contributed by atoms with Gasteiger partial charge in [0.2, 0.25) is 0 Å². The Balaban J connectivity index is 1.44. The molecule has 0 radical (unpaired) electrons. The molecule has 3 aromatic rings. The van der Waals surface area contributed by atoms with E-state index in [0.29, 0.717) is 36.2 Å². The minimum Gasteiger partial charge on any atom is -0.458 e. The summed E-state index contributed by atoms with van der Waals surface area (Å²) in [7, 11) is 0. The Kier molecular flexibility index (Phi) is 9.00. The van der Waals surface area contributed by atoms with Crippen molar-refractivity contribution >= 4 is 17.6 Å². The zero-order valence-corrected chi connectivity index (χ0v) is 22.8. The number of carbonyl (C=O) groups is 1. The highest BCUT2D eigenvalue weighted by Gasteiger charge is 2.24. The molecule has 0 unspecified atom stereocenters. The lowest BCUT2D eigenvalue weighted by Gasteiger charge is -2.28. The maximum atomic E-state index is 14.9. The number of carbonyl (C=O) groups excluding carboxylic acids is 1. The molecule has 0 saturated heterocycles. The lowest BCUT2D eigenvalue weighted by Crippen LogP contribution is -2.30. The van der Waals surface area contributed by atoms with Gasteiger partial charge in [-0.25, -0.2) is 13.9 Å². The summed E-state index contributed by atoms with van der Waals surface area (Å²) in [5.74, 6) is -0.268. The van der Waals surface area contributed by atoms with Crippen LogP contribution in [0.2, 0.25) is 5.02 Å². The molecule has 202 valence electrons. The average Bonchev–Trinajstić information content (AvgIpc) is 2.87. The number of hydrogen-bond acceptors (Lipinski definition) is 5. The molecule has 0 atom stereocenters. The summed E-state index contributed by atoms with van der Waals surface area (Å²) in [6.45, 7) is 6.46. The van der Waals surface area contributed by atoms with Gasteiger partial charge in [-0.15, -0.1) is 0 Å². The van der Waals surface area contributed by atoms with Gasteiger partial charge in [-0.3, -0.25) is 4.79 Å². The van der Waals surface area contributed by atoms with Crippen LogP contribution in [0.4, 0.5) is 4.39 Å². The van der Waals surface area contributed by atoms with Crippen molar-refractivity contribution in [3.05, 3.63) is 75.8 Å². The van der Waals surface area contributed by atoms with Crippen molar-refractivity contribution in [1.82, 2.24) is 9.78 Å². The quantitative estimate of drug-likeness (QED) is 0.304. The van der Waals surface area contributed by atoms with Crippen LogP contribution in [0.5, 0.6) is 0 Å². The molecular weight excluding hydrogens is 507 g/mol. The third-order valence-electron chi connectivity index (χ3n) is 6.68. The zero-order valence-electron chi connectivity index (χ0n) is 22.1. The van der Waals surface area contributed by atoms with Crippen LogP contribution in [0.15, 0.2) is 59.4 Å². The number of aromatic nitrogens is 2. The van der Waals surface area contributed by atoms with Crippen molar-refractivity contribution in [3.63, 3.8) is 0 Å². The second kappa shape index (κ2) is 12.2. The molecule has 0 aliphatic heterocycles. The summed E-state index contributed by atoms with van der Waals surface area (Å²) < 4.78 is 27.3. The average molecular weight is 541 g/mol. The van der Waals surface area contributed by atoms with Crippen molar-refractivity contribution in [1.29, 1.82) is 0 Å². The largest absolute Gasteiger partial charge is 0.458 e. The molecule has 0 spiro atoms. The zero-order chi connectivity index (χ0) is 27.3. The van der Waals surface area contributed by atoms with Crippen LogP contribution in [-0.4, -0.2) is 34.6 Å². The van der Waals surface area contributed by atoms with Gasteiger partial charge in [-0.1, -0.05) is 54.1 Å². The van der Waals surface area contributed by atoms with Gasteiger partial charge in [0.25, 0.3) is 5.56 Å². The number of halogens is 2. The lowest BCUT2D eigenvalue weighted by molar-refractivity contribution is -0.160. The van der Waals surface area contributed by atoms with Gasteiger partial charge >= 0.3 is 5.97 Å². The minimum atomic E-state index is -0.572. The highest BCUT2D eigenvalue weighted by atomic mass is 35.5. The molecule has 1 fully saturated rings. The summed E-state index contributed by atoms with van der Waals surface area (Å²) in [5, 5.41) is 4.72. The van der Waals surface area contributed by atoms with Crippen LogP contribution in [0, 0.1) is 17.7 Å². The van der Waals surface area contributed by atoms with E-state index in [-0.39, 0.29) is 28.7 Å². The molecule has 2 aromatic carbocycles. The van der Waals surface area contributed by atoms with E-state index < -0.39 is 11.4 Å². The van der Waals surface area contributed by atoms with E-state index in [0.717, 1.165) is 31.2 Å². The second-order valence-electron chi connectivity index (χ2n) is 10.9. The third-order valence-corrected chi connectivity index (χ3v) is 6.97. The van der Waals surface area contributed by atoms with Crippen molar-refractivity contribution in [2.75, 3.05) is 13.2 Å². The maximum absolute atomic E-state index is 14.9. The molecule has 0 bridgehead atoms.